The van der Waals surface area contributed by atoms with Gasteiger partial charge in [0.1, 0.15) is 5.92 Å². The van der Waals surface area contributed by atoms with E-state index in [4.69, 9.17) is 0 Å². The molecule has 3 aliphatic rings. The number of allylic oxidation sites excluding steroid dienone is 3. The van der Waals surface area contributed by atoms with Crippen LogP contribution in [0, 0.1) is 12.8 Å². The normalized spacial score (nSPS) is 20.4. The summed E-state index contributed by atoms with van der Waals surface area (Å²) >= 11 is 1.61. The van der Waals surface area contributed by atoms with Crippen molar-refractivity contribution < 1.29 is 9.59 Å². The molecular formula is C23H21N5O2S. The summed E-state index contributed by atoms with van der Waals surface area (Å²) in [5.74, 6) is -0.0949. The Morgan fingerprint density at radius 3 is 2.55 bits per heavy atom. The Morgan fingerprint density at radius 2 is 1.84 bits per heavy atom. The number of nitrogens with zero attached hydrogens (tertiary/aromatic N) is 5. The number of rotatable bonds is 2. The van der Waals surface area contributed by atoms with Crippen LogP contribution in [0.3, 0.4) is 0 Å². The maximum atomic E-state index is 12.9. The van der Waals surface area contributed by atoms with E-state index in [1.165, 1.54) is 0 Å². The van der Waals surface area contributed by atoms with Gasteiger partial charge in [0.2, 0.25) is 5.96 Å². The van der Waals surface area contributed by atoms with Crippen LogP contribution in [0.2, 0.25) is 0 Å². The highest BCUT2D eigenvalue weighted by molar-refractivity contribution is 7.09. The van der Waals surface area contributed by atoms with Gasteiger partial charge in [0.25, 0.3) is 11.8 Å². The first kappa shape index (κ1) is 19.6. The van der Waals surface area contributed by atoms with Crippen LogP contribution < -0.4 is 0 Å². The van der Waals surface area contributed by atoms with E-state index in [1.54, 1.807) is 11.3 Å². The molecule has 0 N–H and O–H groups in total. The molecule has 3 heterocycles. The van der Waals surface area contributed by atoms with Gasteiger partial charge in [-0.1, -0.05) is 30.4 Å². The SMILES string of the molecule is Cc1nc(-c2ccc(C(=O)N3CCN(C4=NC(=O)C5C=CC=CC5=N4)CC3)cc2)cs1. The molecule has 1 saturated heterocycles. The molecule has 1 aliphatic carbocycles. The van der Waals surface area contributed by atoms with Gasteiger partial charge in [-0.15, -0.1) is 11.3 Å². The van der Waals surface area contributed by atoms with Gasteiger partial charge in [0.15, 0.2) is 0 Å². The van der Waals surface area contributed by atoms with Crippen molar-refractivity contribution in [1.82, 2.24) is 14.8 Å². The summed E-state index contributed by atoms with van der Waals surface area (Å²) in [6.45, 7) is 4.28. The summed E-state index contributed by atoms with van der Waals surface area (Å²) < 4.78 is 0. The number of thiazole rings is 1. The molecule has 1 unspecified atom stereocenters. The molecule has 0 radical (unpaired) electrons. The predicted molar refractivity (Wildman–Crippen MR) is 121 cm³/mol. The highest BCUT2D eigenvalue weighted by Crippen LogP contribution is 2.23. The van der Waals surface area contributed by atoms with E-state index in [-0.39, 0.29) is 17.7 Å². The van der Waals surface area contributed by atoms with Crippen molar-refractivity contribution >= 4 is 34.8 Å². The Hall–Kier alpha value is -3.39. The number of fused-ring (bicyclic) bond motifs is 1. The van der Waals surface area contributed by atoms with Gasteiger partial charge in [0, 0.05) is 42.7 Å². The van der Waals surface area contributed by atoms with Crippen LogP contribution >= 0.6 is 11.3 Å². The molecule has 1 fully saturated rings. The number of aryl methyl sites for hydroxylation is 1. The average molecular weight is 432 g/mol. The summed E-state index contributed by atoms with van der Waals surface area (Å²) in [5, 5.41) is 3.05. The Labute approximate surface area is 184 Å². The molecule has 1 aromatic carbocycles. The summed E-state index contributed by atoms with van der Waals surface area (Å²) in [5.41, 5.74) is 3.34. The van der Waals surface area contributed by atoms with Crippen molar-refractivity contribution in [2.24, 2.45) is 15.9 Å². The number of hydrogen-bond acceptors (Lipinski definition) is 6. The summed E-state index contributed by atoms with van der Waals surface area (Å²) in [6, 6.07) is 7.60. The van der Waals surface area contributed by atoms with Crippen molar-refractivity contribution in [2.75, 3.05) is 26.2 Å². The molecule has 8 heteroatoms. The van der Waals surface area contributed by atoms with Gasteiger partial charge < -0.3 is 9.80 Å². The third-order valence-electron chi connectivity index (χ3n) is 5.60. The second kappa shape index (κ2) is 8.03. The molecule has 2 amide bonds. The van der Waals surface area contributed by atoms with Gasteiger partial charge in [-0.25, -0.2) is 9.98 Å². The van der Waals surface area contributed by atoms with Crippen molar-refractivity contribution in [3.05, 3.63) is 64.5 Å². The van der Waals surface area contributed by atoms with E-state index in [2.05, 4.69) is 15.0 Å². The number of aliphatic imine (C=N–C) groups is 2. The van der Waals surface area contributed by atoms with Crippen molar-refractivity contribution in [3.63, 3.8) is 0 Å². The fourth-order valence-corrected chi connectivity index (χ4v) is 4.49. The molecule has 7 nitrogen and oxygen atoms in total. The van der Waals surface area contributed by atoms with Crippen LogP contribution in [0.5, 0.6) is 0 Å². The van der Waals surface area contributed by atoms with Crippen LogP contribution in [0.1, 0.15) is 15.4 Å². The highest BCUT2D eigenvalue weighted by atomic mass is 32.1. The van der Waals surface area contributed by atoms with Crippen LogP contribution in [-0.4, -0.2) is 64.4 Å². The topological polar surface area (TPSA) is 78.2 Å². The maximum absolute atomic E-state index is 12.9. The second-order valence-corrected chi connectivity index (χ2v) is 8.68. The zero-order valence-electron chi connectivity index (χ0n) is 17.1. The van der Waals surface area contributed by atoms with Crippen LogP contribution in [0.25, 0.3) is 11.3 Å². The summed E-state index contributed by atoms with van der Waals surface area (Å²) in [4.78, 5) is 42.3. The first-order valence-corrected chi connectivity index (χ1v) is 11.1. The molecule has 0 bridgehead atoms. The molecule has 0 saturated carbocycles. The minimum atomic E-state index is -0.368. The predicted octanol–water partition coefficient (Wildman–Crippen LogP) is 2.96. The second-order valence-electron chi connectivity index (χ2n) is 7.62. The lowest BCUT2D eigenvalue weighted by Crippen LogP contribution is -2.51. The molecule has 31 heavy (non-hydrogen) atoms. The van der Waals surface area contributed by atoms with Gasteiger partial charge in [-0.3, -0.25) is 9.59 Å². The van der Waals surface area contributed by atoms with Gasteiger partial charge in [0.05, 0.1) is 16.4 Å². The largest absolute Gasteiger partial charge is 0.337 e. The summed E-state index contributed by atoms with van der Waals surface area (Å²) in [6.07, 6.45) is 7.40. The standard InChI is InChI=1S/C23H21N5O2S/c1-15-24-20(14-31-15)16-6-8-17(9-7-16)22(30)27-10-12-28(13-11-27)23-25-19-5-3-2-4-18(19)21(29)26-23/h2-9,14,18H,10-13H2,1H3. The van der Waals surface area contributed by atoms with E-state index < -0.39 is 0 Å². The van der Waals surface area contributed by atoms with E-state index in [0.29, 0.717) is 37.7 Å². The quantitative estimate of drug-likeness (QED) is 0.732. The van der Waals surface area contributed by atoms with Crippen LogP contribution in [0.4, 0.5) is 0 Å². The van der Waals surface area contributed by atoms with Crippen LogP contribution in [-0.2, 0) is 4.79 Å². The van der Waals surface area contributed by atoms with Gasteiger partial charge in [-0.2, -0.15) is 4.99 Å². The van der Waals surface area contributed by atoms with Crippen molar-refractivity contribution in [3.8, 4) is 11.3 Å². The van der Waals surface area contributed by atoms with E-state index >= 15 is 0 Å². The minimum absolute atomic E-state index is 0.00838. The molecule has 156 valence electrons. The maximum Gasteiger partial charge on any atom is 0.261 e. The number of amides is 2. The Balaban J connectivity index is 1.23. The number of carbonyl (C=O) groups is 2. The summed E-state index contributed by atoms with van der Waals surface area (Å²) in [7, 11) is 0. The zero-order chi connectivity index (χ0) is 21.4. The molecule has 0 spiro atoms. The zero-order valence-corrected chi connectivity index (χ0v) is 17.9. The number of aromatic nitrogens is 1. The molecule has 1 atom stereocenters. The van der Waals surface area contributed by atoms with E-state index in [1.807, 2.05) is 70.7 Å². The van der Waals surface area contributed by atoms with Gasteiger partial charge in [-0.05, 0) is 25.1 Å². The number of guanidine groups is 1. The lowest BCUT2D eigenvalue weighted by molar-refractivity contribution is -0.118. The van der Waals surface area contributed by atoms with Crippen molar-refractivity contribution in [1.29, 1.82) is 0 Å². The third kappa shape index (κ3) is 3.86. The molecular weight excluding hydrogens is 410 g/mol. The monoisotopic (exact) mass is 431 g/mol. The number of hydrogen-bond donors (Lipinski definition) is 0. The lowest BCUT2D eigenvalue weighted by atomic mass is 9.97. The number of carbonyl (C=O) groups excluding carboxylic acids is 2. The fraction of sp³-hybridized carbons (Fsp3) is 0.261. The third-order valence-corrected chi connectivity index (χ3v) is 6.38. The number of benzene rings is 1. The van der Waals surface area contributed by atoms with E-state index in [9.17, 15) is 9.59 Å². The van der Waals surface area contributed by atoms with Crippen molar-refractivity contribution in [2.45, 2.75) is 6.92 Å². The smallest absolute Gasteiger partial charge is 0.261 e. The highest BCUT2D eigenvalue weighted by Gasteiger charge is 2.30. The number of piperazine rings is 1. The molecule has 5 rings (SSSR count). The molecule has 2 aromatic rings. The first-order valence-electron chi connectivity index (χ1n) is 10.2. The minimum Gasteiger partial charge on any atom is -0.337 e. The lowest BCUT2D eigenvalue weighted by Gasteiger charge is -2.36. The Bertz CT molecular complexity index is 1150. The first-order chi connectivity index (χ1) is 15.1. The fourth-order valence-electron chi connectivity index (χ4n) is 3.87. The van der Waals surface area contributed by atoms with Crippen LogP contribution in [0.15, 0.2) is 63.9 Å². The van der Waals surface area contributed by atoms with E-state index in [0.717, 1.165) is 22.0 Å². The Morgan fingerprint density at radius 1 is 1.06 bits per heavy atom. The molecule has 1 aromatic heterocycles. The average Bonchev–Trinajstić information content (AvgIpc) is 3.25. The molecule has 2 aliphatic heterocycles. The van der Waals surface area contributed by atoms with Gasteiger partial charge >= 0.3 is 0 Å². The Kier molecular flexibility index (Phi) is 5.07.